The van der Waals surface area contributed by atoms with Crippen molar-refractivity contribution >= 4 is 5.78 Å². The minimum absolute atomic E-state index is 0.140. The van der Waals surface area contributed by atoms with Crippen molar-refractivity contribution < 1.29 is 13.6 Å². The van der Waals surface area contributed by atoms with Crippen molar-refractivity contribution in [1.82, 2.24) is 0 Å². The Morgan fingerprint density at radius 3 is 2.50 bits per heavy atom. The fraction of sp³-hybridized carbons (Fsp3) is 0.562. The van der Waals surface area contributed by atoms with Gasteiger partial charge >= 0.3 is 0 Å². The number of ketones is 1. The lowest BCUT2D eigenvalue weighted by Gasteiger charge is -2.35. The number of nitrogens with two attached hydrogens (primary N) is 1. The normalized spacial score (nSPS) is 18.0. The molecule has 2 N–H and O–H groups in total. The lowest BCUT2D eigenvalue weighted by molar-refractivity contribution is 0.0859. The molecule has 1 aliphatic rings. The number of benzene rings is 1. The number of hydrogen-bond donors (Lipinski definition) is 1. The molecule has 2 nitrogen and oxygen atoms in total. The van der Waals surface area contributed by atoms with E-state index in [1.807, 2.05) is 0 Å². The molecular weight excluding hydrogens is 260 g/mol. The molecule has 4 heteroatoms. The molecule has 0 heterocycles. The maximum absolute atomic E-state index is 14.0. The van der Waals surface area contributed by atoms with E-state index in [9.17, 15) is 13.6 Å². The number of rotatable bonds is 4. The van der Waals surface area contributed by atoms with Crippen LogP contribution in [-0.4, -0.2) is 12.3 Å². The van der Waals surface area contributed by atoms with E-state index in [0.29, 0.717) is 12.1 Å². The number of halogens is 2. The molecule has 0 aliphatic heterocycles. The molecule has 2 rings (SSSR count). The van der Waals surface area contributed by atoms with E-state index in [1.54, 1.807) is 0 Å². The first kappa shape index (κ1) is 15.1. The van der Waals surface area contributed by atoms with Crippen LogP contribution >= 0.6 is 0 Å². The summed E-state index contributed by atoms with van der Waals surface area (Å²) in [4.78, 5) is 12.3. The van der Waals surface area contributed by atoms with Crippen molar-refractivity contribution in [2.45, 2.75) is 45.4 Å². The summed E-state index contributed by atoms with van der Waals surface area (Å²) in [6, 6.07) is 2.50. The predicted molar refractivity (Wildman–Crippen MR) is 74.6 cm³/mol. The van der Waals surface area contributed by atoms with E-state index < -0.39 is 23.0 Å². The van der Waals surface area contributed by atoms with Crippen LogP contribution in [0, 0.1) is 24.0 Å². The van der Waals surface area contributed by atoms with Crippen molar-refractivity contribution in [2.75, 3.05) is 6.54 Å². The molecule has 20 heavy (non-hydrogen) atoms. The first-order valence-corrected chi connectivity index (χ1v) is 7.17. The molecule has 1 aromatic rings. The zero-order valence-electron chi connectivity index (χ0n) is 11.8. The third-order valence-electron chi connectivity index (χ3n) is 4.45. The molecule has 0 unspecified atom stereocenters. The van der Waals surface area contributed by atoms with Crippen LogP contribution in [0.5, 0.6) is 0 Å². The van der Waals surface area contributed by atoms with E-state index in [4.69, 9.17) is 5.73 Å². The highest BCUT2D eigenvalue weighted by molar-refractivity contribution is 5.97. The topological polar surface area (TPSA) is 43.1 Å². The summed E-state index contributed by atoms with van der Waals surface area (Å²) in [7, 11) is 0. The van der Waals surface area contributed by atoms with Gasteiger partial charge in [0.05, 0.1) is 5.56 Å². The fourth-order valence-electron chi connectivity index (χ4n) is 3.10. The van der Waals surface area contributed by atoms with Gasteiger partial charge in [0, 0.05) is 6.42 Å². The van der Waals surface area contributed by atoms with Gasteiger partial charge in [0.15, 0.2) is 5.78 Å². The molecule has 0 saturated heterocycles. The van der Waals surface area contributed by atoms with E-state index in [0.717, 1.165) is 38.2 Å². The van der Waals surface area contributed by atoms with E-state index in [2.05, 4.69) is 0 Å². The Kier molecular flexibility index (Phi) is 4.53. The average Bonchev–Trinajstić information content (AvgIpc) is 2.44. The highest BCUT2D eigenvalue weighted by Crippen LogP contribution is 2.39. The molecule has 0 radical (unpaired) electrons. The Labute approximate surface area is 118 Å². The van der Waals surface area contributed by atoms with E-state index in [1.165, 1.54) is 13.0 Å². The Bertz CT molecular complexity index is 507. The summed E-state index contributed by atoms with van der Waals surface area (Å²) in [5.41, 5.74) is 5.44. The molecule has 1 fully saturated rings. The number of carbonyl (C=O) groups excluding carboxylic acids is 1. The molecule has 0 spiro atoms. The highest BCUT2D eigenvalue weighted by atomic mass is 19.1. The molecule has 0 atom stereocenters. The molecular formula is C16H21F2NO. The first-order valence-electron chi connectivity index (χ1n) is 7.17. The van der Waals surface area contributed by atoms with Gasteiger partial charge in [-0.15, -0.1) is 0 Å². The Morgan fingerprint density at radius 1 is 1.25 bits per heavy atom. The second-order valence-electron chi connectivity index (χ2n) is 5.92. The standard InChI is InChI=1S/C16H21F2NO/c1-11-5-6-12(17)14(15(11)18)13(20)9-16(10-19)7-3-2-4-8-16/h5-6H,2-4,7-10,19H2,1H3. The smallest absolute Gasteiger partial charge is 0.169 e. The van der Waals surface area contributed by atoms with Crippen LogP contribution in [0.1, 0.15) is 54.4 Å². The summed E-state index contributed by atoms with van der Waals surface area (Å²) < 4.78 is 27.8. The quantitative estimate of drug-likeness (QED) is 0.854. The van der Waals surface area contributed by atoms with Crippen molar-refractivity contribution in [3.8, 4) is 0 Å². The largest absolute Gasteiger partial charge is 0.330 e. The fourth-order valence-corrected chi connectivity index (χ4v) is 3.10. The van der Waals surface area contributed by atoms with Gasteiger partial charge in [-0.1, -0.05) is 25.3 Å². The predicted octanol–water partition coefficient (Wildman–Crippen LogP) is 3.76. The monoisotopic (exact) mass is 281 g/mol. The van der Waals surface area contributed by atoms with Crippen LogP contribution in [0.3, 0.4) is 0 Å². The summed E-state index contributed by atoms with van der Waals surface area (Å²) in [5.74, 6) is -1.98. The van der Waals surface area contributed by atoms with Crippen LogP contribution in [0.2, 0.25) is 0 Å². The van der Waals surface area contributed by atoms with Gasteiger partial charge in [0.25, 0.3) is 0 Å². The van der Waals surface area contributed by atoms with Gasteiger partial charge in [-0.25, -0.2) is 8.78 Å². The van der Waals surface area contributed by atoms with Crippen LogP contribution in [-0.2, 0) is 0 Å². The number of carbonyl (C=O) groups is 1. The zero-order valence-corrected chi connectivity index (χ0v) is 11.8. The van der Waals surface area contributed by atoms with Crippen molar-refractivity contribution in [2.24, 2.45) is 11.1 Å². The van der Waals surface area contributed by atoms with Gasteiger partial charge < -0.3 is 5.73 Å². The van der Waals surface area contributed by atoms with E-state index in [-0.39, 0.29) is 11.8 Å². The van der Waals surface area contributed by atoms with E-state index >= 15 is 0 Å². The van der Waals surface area contributed by atoms with Crippen LogP contribution in [0.25, 0.3) is 0 Å². The molecule has 0 amide bonds. The summed E-state index contributed by atoms with van der Waals surface area (Å²) in [6.45, 7) is 1.93. The highest BCUT2D eigenvalue weighted by Gasteiger charge is 2.34. The minimum atomic E-state index is -0.777. The minimum Gasteiger partial charge on any atom is -0.330 e. The molecule has 0 bridgehead atoms. The summed E-state index contributed by atoms with van der Waals surface area (Å²) in [5, 5.41) is 0. The molecule has 1 aliphatic carbocycles. The molecule has 1 saturated carbocycles. The Hall–Kier alpha value is -1.29. The summed E-state index contributed by atoms with van der Waals surface area (Å²) in [6.07, 6.45) is 5.07. The summed E-state index contributed by atoms with van der Waals surface area (Å²) >= 11 is 0. The van der Waals surface area contributed by atoms with Gasteiger partial charge in [-0.2, -0.15) is 0 Å². The third-order valence-corrected chi connectivity index (χ3v) is 4.45. The lowest BCUT2D eigenvalue weighted by atomic mass is 9.70. The maximum Gasteiger partial charge on any atom is 0.169 e. The first-order chi connectivity index (χ1) is 9.49. The lowest BCUT2D eigenvalue weighted by Crippen LogP contribution is -2.35. The third kappa shape index (κ3) is 2.90. The van der Waals surface area contributed by atoms with Gasteiger partial charge in [0.1, 0.15) is 11.6 Å². The van der Waals surface area contributed by atoms with Gasteiger partial charge in [-0.05, 0) is 43.4 Å². The average molecular weight is 281 g/mol. The molecule has 110 valence electrons. The van der Waals surface area contributed by atoms with Gasteiger partial charge in [-0.3, -0.25) is 4.79 Å². The van der Waals surface area contributed by atoms with Crippen LogP contribution < -0.4 is 5.73 Å². The van der Waals surface area contributed by atoms with Gasteiger partial charge in [0.2, 0.25) is 0 Å². The Morgan fingerprint density at radius 2 is 1.90 bits per heavy atom. The van der Waals surface area contributed by atoms with Crippen LogP contribution in [0.4, 0.5) is 8.78 Å². The van der Waals surface area contributed by atoms with Crippen LogP contribution in [0.15, 0.2) is 12.1 Å². The van der Waals surface area contributed by atoms with Crippen molar-refractivity contribution in [1.29, 1.82) is 0 Å². The number of hydrogen-bond acceptors (Lipinski definition) is 2. The second kappa shape index (κ2) is 6.00. The maximum atomic E-state index is 14.0. The SMILES string of the molecule is Cc1ccc(F)c(C(=O)CC2(CN)CCCCC2)c1F. The Balaban J connectivity index is 2.26. The van der Waals surface area contributed by atoms with Crippen molar-refractivity contribution in [3.05, 3.63) is 34.9 Å². The molecule has 1 aromatic carbocycles. The second-order valence-corrected chi connectivity index (χ2v) is 5.92. The number of Topliss-reactive ketones (excluding diaryl/α,β-unsaturated/α-hetero) is 1. The van der Waals surface area contributed by atoms with Crippen molar-refractivity contribution in [3.63, 3.8) is 0 Å². The molecule has 0 aromatic heterocycles. The zero-order chi connectivity index (χ0) is 14.8. The number of aryl methyl sites for hydroxylation is 1.